The minimum atomic E-state index is -0.626. The molecule has 2 amide bonds. The van der Waals surface area contributed by atoms with Crippen molar-refractivity contribution < 1.29 is 23.8 Å². The topological polar surface area (TPSA) is 77.1 Å². The van der Waals surface area contributed by atoms with Crippen molar-refractivity contribution in [3.05, 3.63) is 24.3 Å². The van der Waals surface area contributed by atoms with Gasteiger partial charge in [-0.25, -0.2) is 0 Å². The fourth-order valence-corrected chi connectivity index (χ4v) is 2.93. The van der Waals surface area contributed by atoms with Crippen LogP contribution in [0.3, 0.4) is 0 Å². The molecular weight excluding hydrogens is 312 g/mol. The number of hydrogen-bond donors (Lipinski definition) is 1. The van der Waals surface area contributed by atoms with Crippen molar-refractivity contribution in [3.8, 4) is 11.5 Å². The highest BCUT2D eigenvalue weighted by atomic mass is 16.6. The standard InChI is InChI=1S/C17H22N2O5/c1-11-8-19(9-12(2)23-11)17(21)16(20)18-7-13-10-22-14-5-3-4-6-15(14)24-13/h3-6,11-13H,7-10H2,1-2H3,(H,18,20). The van der Waals surface area contributed by atoms with E-state index < -0.39 is 11.8 Å². The molecule has 0 radical (unpaired) electrons. The molecule has 3 unspecified atom stereocenters. The van der Waals surface area contributed by atoms with Gasteiger partial charge in [-0.15, -0.1) is 0 Å². The van der Waals surface area contributed by atoms with E-state index >= 15 is 0 Å². The number of hydrogen-bond acceptors (Lipinski definition) is 5. The molecule has 3 rings (SSSR count). The summed E-state index contributed by atoms with van der Waals surface area (Å²) >= 11 is 0. The van der Waals surface area contributed by atoms with Crippen molar-refractivity contribution in [2.24, 2.45) is 0 Å². The summed E-state index contributed by atoms with van der Waals surface area (Å²) < 4.78 is 16.9. The number of para-hydroxylation sites is 2. The van der Waals surface area contributed by atoms with Gasteiger partial charge in [0.2, 0.25) is 0 Å². The van der Waals surface area contributed by atoms with Gasteiger partial charge in [0.1, 0.15) is 12.7 Å². The van der Waals surface area contributed by atoms with E-state index in [4.69, 9.17) is 14.2 Å². The molecule has 130 valence electrons. The van der Waals surface area contributed by atoms with Gasteiger partial charge in [0.25, 0.3) is 0 Å². The predicted octanol–water partition coefficient (Wildman–Crippen LogP) is 0.578. The Balaban J connectivity index is 1.50. The van der Waals surface area contributed by atoms with Crippen LogP contribution in [0, 0.1) is 0 Å². The minimum absolute atomic E-state index is 0.0721. The monoisotopic (exact) mass is 334 g/mol. The lowest BCUT2D eigenvalue weighted by Crippen LogP contribution is -2.53. The number of nitrogens with one attached hydrogen (secondary N) is 1. The lowest BCUT2D eigenvalue weighted by Gasteiger charge is -2.35. The Morgan fingerprint density at radius 1 is 1.17 bits per heavy atom. The number of carbonyl (C=O) groups excluding carboxylic acids is 2. The normalized spacial score (nSPS) is 25.9. The number of benzene rings is 1. The molecule has 7 heteroatoms. The van der Waals surface area contributed by atoms with Crippen molar-refractivity contribution in [1.29, 1.82) is 0 Å². The third kappa shape index (κ3) is 3.79. The number of morpholine rings is 1. The van der Waals surface area contributed by atoms with Crippen LogP contribution in [0.4, 0.5) is 0 Å². The van der Waals surface area contributed by atoms with E-state index in [0.29, 0.717) is 31.2 Å². The summed E-state index contributed by atoms with van der Waals surface area (Å²) in [6, 6.07) is 7.36. The van der Waals surface area contributed by atoms with Crippen molar-refractivity contribution in [2.45, 2.75) is 32.2 Å². The third-order valence-electron chi connectivity index (χ3n) is 3.96. The Bertz CT molecular complexity index is 611. The fraction of sp³-hybridized carbons (Fsp3) is 0.529. The van der Waals surface area contributed by atoms with E-state index in [1.54, 1.807) is 0 Å². The molecule has 24 heavy (non-hydrogen) atoms. The fourth-order valence-electron chi connectivity index (χ4n) is 2.93. The lowest BCUT2D eigenvalue weighted by molar-refractivity contribution is -0.153. The molecule has 1 aromatic rings. The summed E-state index contributed by atoms with van der Waals surface area (Å²) in [5, 5.41) is 2.63. The second-order valence-electron chi connectivity index (χ2n) is 6.18. The number of fused-ring (bicyclic) bond motifs is 1. The molecule has 2 aliphatic heterocycles. The second-order valence-corrected chi connectivity index (χ2v) is 6.18. The third-order valence-corrected chi connectivity index (χ3v) is 3.96. The zero-order chi connectivity index (χ0) is 17.1. The number of rotatable bonds is 2. The Morgan fingerprint density at radius 2 is 1.83 bits per heavy atom. The van der Waals surface area contributed by atoms with E-state index in [1.807, 2.05) is 38.1 Å². The molecule has 1 saturated heterocycles. The van der Waals surface area contributed by atoms with E-state index in [-0.39, 0.29) is 24.9 Å². The summed E-state index contributed by atoms with van der Waals surface area (Å²) in [4.78, 5) is 25.9. The SMILES string of the molecule is CC1CN(C(=O)C(=O)NCC2COc3ccccc3O2)CC(C)O1. The van der Waals surface area contributed by atoms with Crippen LogP contribution in [-0.4, -0.2) is 61.3 Å². The van der Waals surface area contributed by atoms with Gasteiger partial charge in [-0.05, 0) is 26.0 Å². The van der Waals surface area contributed by atoms with Crippen molar-refractivity contribution in [2.75, 3.05) is 26.2 Å². The molecule has 7 nitrogen and oxygen atoms in total. The van der Waals surface area contributed by atoms with Crippen LogP contribution in [0.15, 0.2) is 24.3 Å². The largest absolute Gasteiger partial charge is 0.486 e. The van der Waals surface area contributed by atoms with Crippen LogP contribution in [0.1, 0.15) is 13.8 Å². The number of carbonyl (C=O) groups is 2. The maximum Gasteiger partial charge on any atom is 0.312 e. The van der Waals surface area contributed by atoms with Gasteiger partial charge >= 0.3 is 11.8 Å². The second kappa shape index (κ2) is 7.09. The average Bonchev–Trinajstić information content (AvgIpc) is 2.58. The van der Waals surface area contributed by atoms with Gasteiger partial charge in [0, 0.05) is 13.1 Å². The van der Waals surface area contributed by atoms with Crippen molar-refractivity contribution in [3.63, 3.8) is 0 Å². The first-order valence-electron chi connectivity index (χ1n) is 8.14. The number of amides is 2. The van der Waals surface area contributed by atoms with Gasteiger partial charge in [0.05, 0.1) is 18.8 Å². The van der Waals surface area contributed by atoms with E-state index in [9.17, 15) is 9.59 Å². The molecule has 2 aliphatic rings. The summed E-state index contributed by atoms with van der Waals surface area (Å²) in [6.45, 7) is 5.17. The molecule has 0 aliphatic carbocycles. The van der Waals surface area contributed by atoms with E-state index in [0.717, 1.165) is 0 Å². The van der Waals surface area contributed by atoms with Crippen molar-refractivity contribution >= 4 is 11.8 Å². The van der Waals surface area contributed by atoms with Crippen LogP contribution in [0.25, 0.3) is 0 Å². The molecule has 0 spiro atoms. The van der Waals surface area contributed by atoms with Crippen LogP contribution in [-0.2, 0) is 14.3 Å². The zero-order valence-electron chi connectivity index (χ0n) is 13.9. The number of nitrogens with zero attached hydrogens (tertiary/aromatic N) is 1. The Kier molecular flexibility index (Phi) is 4.89. The Labute approximate surface area is 140 Å². The summed E-state index contributed by atoms with van der Waals surface area (Å²) in [5.74, 6) is 0.172. The Morgan fingerprint density at radius 3 is 2.54 bits per heavy atom. The molecule has 1 aromatic carbocycles. The summed E-state index contributed by atoms with van der Waals surface area (Å²) in [5.41, 5.74) is 0. The first kappa shape index (κ1) is 16.6. The Hall–Kier alpha value is -2.28. The maximum absolute atomic E-state index is 12.2. The first-order chi connectivity index (χ1) is 11.5. The molecule has 1 fully saturated rings. The quantitative estimate of drug-likeness (QED) is 0.801. The summed E-state index contributed by atoms with van der Waals surface area (Å²) in [7, 11) is 0. The van der Waals surface area contributed by atoms with Crippen LogP contribution < -0.4 is 14.8 Å². The molecule has 3 atom stereocenters. The van der Waals surface area contributed by atoms with Crippen LogP contribution in [0.2, 0.25) is 0 Å². The van der Waals surface area contributed by atoms with Gasteiger partial charge in [-0.3, -0.25) is 9.59 Å². The molecule has 1 N–H and O–H groups in total. The van der Waals surface area contributed by atoms with Crippen LogP contribution >= 0.6 is 0 Å². The lowest BCUT2D eigenvalue weighted by atomic mass is 10.2. The average molecular weight is 334 g/mol. The smallest absolute Gasteiger partial charge is 0.312 e. The molecular formula is C17H22N2O5. The highest BCUT2D eigenvalue weighted by Gasteiger charge is 2.30. The van der Waals surface area contributed by atoms with Gasteiger partial charge < -0.3 is 24.4 Å². The van der Waals surface area contributed by atoms with E-state index in [2.05, 4.69) is 5.32 Å². The molecule has 0 saturated carbocycles. The van der Waals surface area contributed by atoms with Gasteiger partial charge in [0.15, 0.2) is 11.5 Å². The van der Waals surface area contributed by atoms with Gasteiger partial charge in [-0.1, -0.05) is 12.1 Å². The van der Waals surface area contributed by atoms with Gasteiger partial charge in [-0.2, -0.15) is 0 Å². The zero-order valence-corrected chi connectivity index (χ0v) is 13.9. The maximum atomic E-state index is 12.2. The molecule has 0 aromatic heterocycles. The molecule has 2 heterocycles. The minimum Gasteiger partial charge on any atom is -0.486 e. The predicted molar refractivity (Wildman–Crippen MR) is 86.0 cm³/mol. The number of ether oxygens (including phenoxy) is 3. The van der Waals surface area contributed by atoms with Crippen molar-refractivity contribution in [1.82, 2.24) is 10.2 Å². The molecule has 0 bridgehead atoms. The summed E-state index contributed by atoms with van der Waals surface area (Å²) in [6.07, 6.45) is -0.464. The van der Waals surface area contributed by atoms with E-state index in [1.165, 1.54) is 4.90 Å². The first-order valence-corrected chi connectivity index (χ1v) is 8.14. The highest BCUT2D eigenvalue weighted by molar-refractivity contribution is 6.35. The van der Waals surface area contributed by atoms with Crippen LogP contribution in [0.5, 0.6) is 11.5 Å². The highest BCUT2D eigenvalue weighted by Crippen LogP contribution is 2.30.